The molecule has 1 amide bonds. The highest BCUT2D eigenvalue weighted by Crippen LogP contribution is 2.25. The fraction of sp³-hybridized carbons (Fsp3) is 0.235. The van der Waals surface area contributed by atoms with Gasteiger partial charge in [-0.2, -0.15) is 5.10 Å². The summed E-state index contributed by atoms with van der Waals surface area (Å²) in [7, 11) is 1.56. The monoisotopic (exact) mass is 362 g/mol. The van der Waals surface area contributed by atoms with Crippen molar-refractivity contribution >= 4 is 29.4 Å². The first-order valence-corrected chi connectivity index (χ1v) is 8.51. The Balaban J connectivity index is 2.10. The quantitative estimate of drug-likeness (QED) is 0.553. The van der Waals surface area contributed by atoms with Crippen molar-refractivity contribution in [2.45, 2.75) is 12.7 Å². The number of carbonyl (C=O) groups excluding carboxylic acids is 1. The molecular formula is C17H18N2O5S. The fourth-order valence-electron chi connectivity index (χ4n) is 2.03. The molecular weight excluding hydrogens is 344 g/mol. The Morgan fingerprint density at radius 1 is 1.36 bits per heavy atom. The zero-order valence-corrected chi connectivity index (χ0v) is 14.6. The van der Waals surface area contributed by atoms with E-state index in [4.69, 9.17) is 14.3 Å². The smallest absolute Gasteiger partial charge is 0.313 e. The second kappa shape index (κ2) is 8.93. The molecule has 0 atom stereocenters. The van der Waals surface area contributed by atoms with Gasteiger partial charge in [-0.25, -0.2) is 5.43 Å². The first-order chi connectivity index (χ1) is 12.0. The standard InChI is InChI=1S/C17H18N2O5S/c1-11(18-19-17(22)15-4-3-7-24-15)12-5-6-14(23-2)13(8-12)9-25-10-16(20)21/h3-8H,9-10H2,1-2H3,(H,19,22)(H,20,21)/b18-11-. The van der Waals surface area contributed by atoms with Crippen molar-refractivity contribution in [3.05, 3.63) is 53.5 Å². The number of furan rings is 1. The first-order valence-electron chi connectivity index (χ1n) is 7.36. The van der Waals surface area contributed by atoms with E-state index in [-0.39, 0.29) is 11.5 Å². The molecule has 0 fully saturated rings. The summed E-state index contributed by atoms with van der Waals surface area (Å²) in [6, 6.07) is 8.65. The topological polar surface area (TPSA) is 101 Å². The molecule has 0 bridgehead atoms. The van der Waals surface area contributed by atoms with Crippen molar-refractivity contribution in [2.75, 3.05) is 12.9 Å². The number of aliphatic carboxylic acids is 1. The Hall–Kier alpha value is -2.74. The molecule has 0 spiro atoms. The van der Waals surface area contributed by atoms with Crippen molar-refractivity contribution in [1.29, 1.82) is 0 Å². The maximum absolute atomic E-state index is 11.8. The van der Waals surface area contributed by atoms with Gasteiger partial charge in [0.05, 0.1) is 24.8 Å². The average Bonchev–Trinajstić information content (AvgIpc) is 3.13. The van der Waals surface area contributed by atoms with Crippen LogP contribution in [0.1, 0.15) is 28.6 Å². The highest BCUT2D eigenvalue weighted by molar-refractivity contribution is 7.99. The zero-order chi connectivity index (χ0) is 18.2. The number of benzene rings is 1. The summed E-state index contributed by atoms with van der Waals surface area (Å²) in [5, 5.41) is 12.8. The number of amides is 1. The summed E-state index contributed by atoms with van der Waals surface area (Å²) in [4.78, 5) is 22.5. The van der Waals surface area contributed by atoms with E-state index in [1.165, 1.54) is 18.0 Å². The Bertz CT molecular complexity index is 771. The van der Waals surface area contributed by atoms with E-state index in [0.717, 1.165) is 11.1 Å². The lowest BCUT2D eigenvalue weighted by molar-refractivity contribution is -0.133. The molecule has 1 aromatic heterocycles. The van der Waals surface area contributed by atoms with Crippen LogP contribution in [0.15, 0.2) is 46.1 Å². The molecule has 8 heteroatoms. The molecule has 1 aromatic carbocycles. The minimum atomic E-state index is -0.862. The van der Waals surface area contributed by atoms with Gasteiger partial charge in [0.25, 0.3) is 0 Å². The van der Waals surface area contributed by atoms with Gasteiger partial charge in [0, 0.05) is 11.3 Å². The third kappa shape index (κ3) is 5.39. The van der Waals surface area contributed by atoms with E-state index in [9.17, 15) is 9.59 Å². The van der Waals surface area contributed by atoms with Crippen LogP contribution in [0.3, 0.4) is 0 Å². The van der Waals surface area contributed by atoms with Crippen molar-refractivity contribution in [2.24, 2.45) is 5.10 Å². The second-order valence-electron chi connectivity index (χ2n) is 5.03. The first kappa shape index (κ1) is 18.6. The number of carboxylic acid groups (broad SMARTS) is 1. The van der Waals surface area contributed by atoms with Crippen LogP contribution < -0.4 is 10.2 Å². The molecule has 132 valence electrons. The molecule has 7 nitrogen and oxygen atoms in total. The SMILES string of the molecule is COc1ccc(/C(C)=N\NC(=O)c2ccco2)cc1CSCC(=O)O. The normalized spacial score (nSPS) is 11.2. The van der Waals surface area contributed by atoms with Gasteiger partial charge in [-0.3, -0.25) is 9.59 Å². The number of methoxy groups -OCH3 is 1. The van der Waals surface area contributed by atoms with Crippen LogP contribution in [0.25, 0.3) is 0 Å². The summed E-state index contributed by atoms with van der Waals surface area (Å²) < 4.78 is 10.3. The van der Waals surface area contributed by atoms with Gasteiger partial charge >= 0.3 is 11.9 Å². The van der Waals surface area contributed by atoms with Gasteiger partial charge in [-0.1, -0.05) is 0 Å². The van der Waals surface area contributed by atoms with E-state index in [1.54, 1.807) is 32.2 Å². The minimum absolute atomic E-state index is 0.0135. The van der Waals surface area contributed by atoms with Crippen molar-refractivity contribution < 1.29 is 23.8 Å². The third-order valence-corrected chi connectivity index (χ3v) is 4.22. The third-order valence-electron chi connectivity index (χ3n) is 3.25. The number of nitrogens with zero attached hydrogens (tertiary/aromatic N) is 1. The maximum Gasteiger partial charge on any atom is 0.313 e. The van der Waals surface area contributed by atoms with Crippen LogP contribution in [0.4, 0.5) is 0 Å². The van der Waals surface area contributed by atoms with E-state index in [2.05, 4.69) is 10.5 Å². The van der Waals surface area contributed by atoms with Crippen molar-refractivity contribution in [3.63, 3.8) is 0 Å². The van der Waals surface area contributed by atoms with Gasteiger partial charge in [-0.05, 0) is 42.8 Å². The van der Waals surface area contributed by atoms with E-state index < -0.39 is 11.9 Å². The van der Waals surface area contributed by atoms with E-state index in [0.29, 0.717) is 17.2 Å². The predicted molar refractivity (Wildman–Crippen MR) is 95.2 cm³/mol. The van der Waals surface area contributed by atoms with Crippen LogP contribution in [0, 0.1) is 0 Å². The number of carbonyl (C=O) groups is 2. The average molecular weight is 362 g/mol. The van der Waals surface area contributed by atoms with Gasteiger partial charge in [0.2, 0.25) is 0 Å². The number of ether oxygens (including phenoxy) is 1. The summed E-state index contributed by atoms with van der Waals surface area (Å²) in [5.41, 5.74) is 4.69. The number of rotatable bonds is 8. The van der Waals surface area contributed by atoms with Gasteiger partial charge in [0.15, 0.2) is 5.76 Å². The molecule has 1 heterocycles. The lowest BCUT2D eigenvalue weighted by Gasteiger charge is -2.10. The Labute approximate surface area is 149 Å². The molecule has 2 rings (SSSR count). The molecule has 2 N–H and O–H groups in total. The van der Waals surface area contributed by atoms with E-state index >= 15 is 0 Å². The second-order valence-corrected chi connectivity index (χ2v) is 6.01. The lowest BCUT2D eigenvalue weighted by atomic mass is 10.1. The molecule has 25 heavy (non-hydrogen) atoms. The molecule has 0 radical (unpaired) electrons. The Kier molecular flexibility index (Phi) is 6.64. The van der Waals surface area contributed by atoms with Crippen LogP contribution >= 0.6 is 11.8 Å². The number of hydrazone groups is 1. The lowest BCUT2D eigenvalue weighted by Crippen LogP contribution is -2.18. The number of nitrogens with one attached hydrogen (secondary N) is 1. The number of thioether (sulfide) groups is 1. The highest BCUT2D eigenvalue weighted by atomic mass is 32.2. The van der Waals surface area contributed by atoms with Gasteiger partial charge in [-0.15, -0.1) is 11.8 Å². The summed E-state index contributed by atoms with van der Waals surface area (Å²) in [6.07, 6.45) is 1.41. The minimum Gasteiger partial charge on any atom is -0.496 e. The van der Waals surface area contributed by atoms with Crippen molar-refractivity contribution in [1.82, 2.24) is 5.43 Å². The zero-order valence-electron chi connectivity index (χ0n) is 13.8. The summed E-state index contributed by atoms with van der Waals surface area (Å²) in [5.74, 6) is 0.0642. The molecule has 0 aliphatic rings. The molecule has 0 unspecified atom stereocenters. The summed E-state index contributed by atoms with van der Waals surface area (Å²) >= 11 is 1.28. The van der Waals surface area contributed by atoms with Crippen LogP contribution in [0.5, 0.6) is 5.75 Å². The molecule has 0 aliphatic carbocycles. The molecule has 0 aliphatic heterocycles. The fourth-order valence-corrected chi connectivity index (χ4v) is 2.75. The number of hydrogen-bond acceptors (Lipinski definition) is 6. The Morgan fingerprint density at radius 3 is 2.80 bits per heavy atom. The van der Waals surface area contributed by atoms with Crippen LogP contribution in [0.2, 0.25) is 0 Å². The highest BCUT2D eigenvalue weighted by Gasteiger charge is 2.10. The molecule has 2 aromatic rings. The van der Waals surface area contributed by atoms with Gasteiger partial charge < -0.3 is 14.3 Å². The number of carboxylic acids is 1. The maximum atomic E-state index is 11.8. The number of hydrogen-bond donors (Lipinski definition) is 2. The van der Waals surface area contributed by atoms with Crippen molar-refractivity contribution in [3.8, 4) is 5.75 Å². The van der Waals surface area contributed by atoms with Crippen LogP contribution in [-0.4, -0.2) is 35.6 Å². The van der Waals surface area contributed by atoms with E-state index in [1.807, 2.05) is 12.1 Å². The molecule has 0 saturated heterocycles. The summed E-state index contributed by atoms with van der Waals surface area (Å²) in [6.45, 7) is 1.76. The predicted octanol–water partition coefficient (Wildman–Crippen LogP) is 2.76. The molecule has 0 saturated carbocycles. The largest absolute Gasteiger partial charge is 0.496 e. The van der Waals surface area contributed by atoms with Crippen LogP contribution in [-0.2, 0) is 10.5 Å². The Morgan fingerprint density at radius 2 is 2.16 bits per heavy atom. The van der Waals surface area contributed by atoms with Gasteiger partial charge in [0.1, 0.15) is 5.75 Å².